The molecule has 0 aromatic heterocycles. The molecular formula is C13H15NO. The minimum atomic E-state index is 0.0788. The molecule has 1 fully saturated rings. The van der Waals surface area contributed by atoms with Crippen molar-refractivity contribution < 1.29 is 4.79 Å². The van der Waals surface area contributed by atoms with E-state index in [1.54, 1.807) is 4.90 Å². The lowest BCUT2D eigenvalue weighted by molar-refractivity contribution is -0.127. The van der Waals surface area contributed by atoms with Gasteiger partial charge in [0.05, 0.1) is 0 Å². The third-order valence-corrected chi connectivity index (χ3v) is 3.00. The van der Waals surface area contributed by atoms with Crippen LogP contribution < -0.4 is 0 Å². The Labute approximate surface area is 90.2 Å². The molecule has 2 heteroatoms. The molecule has 2 nitrogen and oxygen atoms in total. The maximum atomic E-state index is 11.7. The first-order valence-corrected chi connectivity index (χ1v) is 5.19. The molecule has 0 spiro atoms. The standard InChI is InChI=1S/C13H15NO/c1-10-12(8-9-14(2)13(10)15)11-6-4-3-5-7-11/h3-7,12H,1,8-9H2,2H3. The quantitative estimate of drug-likeness (QED) is 0.638. The van der Waals surface area contributed by atoms with E-state index in [1.807, 2.05) is 25.2 Å². The fraction of sp³-hybridized carbons (Fsp3) is 0.308. The van der Waals surface area contributed by atoms with Crippen LogP contribution in [0.2, 0.25) is 0 Å². The van der Waals surface area contributed by atoms with Crippen molar-refractivity contribution in [3.05, 3.63) is 48.0 Å². The summed E-state index contributed by atoms with van der Waals surface area (Å²) < 4.78 is 0. The van der Waals surface area contributed by atoms with Crippen molar-refractivity contribution in [3.63, 3.8) is 0 Å². The summed E-state index contributed by atoms with van der Waals surface area (Å²) in [6.45, 7) is 4.73. The number of amides is 1. The lowest BCUT2D eigenvalue weighted by Gasteiger charge is -2.30. The van der Waals surface area contributed by atoms with E-state index in [-0.39, 0.29) is 11.8 Å². The number of hydrogen-bond donors (Lipinski definition) is 0. The first kappa shape index (κ1) is 9.97. The second kappa shape index (κ2) is 3.89. The number of benzene rings is 1. The van der Waals surface area contributed by atoms with E-state index < -0.39 is 0 Å². The van der Waals surface area contributed by atoms with Gasteiger partial charge in [0.25, 0.3) is 0 Å². The molecule has 1 aliphatic rings. The molecule has 0 saturated carbocycles. The summed E-state index contributed by atoms with van der Waals surface area (Å²) in [7, 11) is 1.83. The topological polar surface area (TPSA) is 20.3 Å². The highest BCUT2D eigenvalue weighted by Crippen LogP contribution is 2.31. The van der Waals surface area contributed by atoms with Gasteiger partial charge in [-0.25, -0.2) is 0 Å². The zero-order valence-electron chi connectivity index (χ0n) is 8.94. The van der Waals surface area contributed by atoms with Crippen molar-refractivity contribution in [2.75, 3.05) is 13.6 Å². The van der Waals surface area contributed by atoms with Crippen molar-refractivity contribution >= 4 is 5.91 Å². The van der Waals surface area contributed by atoms with Gasteiger partial charge in [-0.05, 0) is 12.0 Å². The van der Waals surface area contributed by atoms with Crippen LogP contribution in [0.15, 0.2) is 42.5 Å². The molecule has 1 aliphatic heterocycles. The summed E-state index contributed by atoms with van der Waals surface area (Å²) in [6.07, 6.45) is 0.977. The van der Waals surface area contributed by atoms with Gasteiger partial charge in [-0.2, -0.15) is 0 Å². The predicted octanol–water partition coefficient (Wildman–Crippen LogP) is 2.19. The van der Waals surface area contributed by atoms with E-state index in [0.717, 1.165) is 18.5 Å². The monoisotopic (exact) mass is 201 g/mol. The smallest absolute Gasteiger partial charge is 0.249 e. The van der Waals surface area contributed by atoms with Crippen LogP contribution in [0.1, 0.15) is 17.9 Å². The van der Waals surface area contributed by atoms with Crippen molar-refractivity contribution in [2.45, 2.75) is 12.3 Å². The Bertz CT molecular complexity index is 383. The molecule has 1 saturated heterocycles. The van der Waals surface area contributed by atoms with Crippen molar-refractivity contribution in [1.82, 2.24) is 4.90 Å². The maximum Gasteiger partial charge on any atom is 0.249 e. The van der Waals surface area contributed by atoms with Gasteiger partial charge in [-0.15, -0.1) is 0 Å². The van der Waals surface area contributed by atoms with Gasteiger partial charge in [0.1, 0.15) is 0 Å². The lowest BCUT2D eigenvalue weighted by Crippen LogP contribution is -2.36. The molecule has 15 heavy (non-hydrogen) atoms. The predicted molar refractivity (Wildman–Crippen MR) is 60.6 cm³/mol. The van der Waals surface area contributed by atoms with Gasteiger partial charge >= 0.3 is 0 Å². The van der Waals surface area contributed by atoms with Gasteiger partial charge in [0.2, 0.25) is 5.91 Å². The van der Waals surface area contributed by atoms with Crippen LogP contribution in [0, 0.1) is 0 Å². The Balaban J connectivity index is 2.25. The van der Waals surface area contributed by atoms with Crippen molar-refractivity contribution in [1.29, 1.82) is 0 Å². The highest BCUT2D eigenvalue weighted by molar-refractivity contribution is 5.95. The lowest BCUT2D eigenvalue weighted by atomic mass is 9.86. The van der Waals surface area contributed by atoms with Gasteiger partial charge in [0.15, 0.2) is 0 Å². The van der Waals surface area contributed by atoms with Gasteiger partial charge < -0.3 is 4.90 Å². The Hall–Kier alpha value is -1.57. The number of carbonyl (C=O) groups excluding carboxylic acids is 1. The van der Waals surface area contributed by atoms with Gasteiger partial charge in [0, 0.05) is 25.1 Å². The number of likely N-dealkylation sites (N-methyl/N-ethyl adjacent to an activating group) is 1. The third-order valence-electron chi connectivity index (χ3n) is 3.00. The van der Waals surface area contributed by atoms with E-state index in [0.29, 0.717) is 0 Å². The number of likely N-dealkylation sites (tertiary alicyclic amines) is 1. The second-order valence-corrected chi connectivity index (χ2v) is 4.00. The summed E-state index contributed by atoms with van der Waals surface area (Å²) in [5.74, 6) is 0.282. The largest absolute Gasteiger partial charge is 0.342 e. The van der Waals surface area contributed by atoms with E-state index >= 15 is 0 Å². The molecule has 0 N–H and O–H groups in total. The summed E-state index contributed by atoms with van der Waals surface area (Å²) >= 11 is 0. The fourth-order valence-corrected chi connectivity index (χ4v) is 2.05. The zero-order valence-corrected chi connectivity index (χ0v) is 8.94. The van der Waals surface area contributed by atoms with Gasteiger partial charge in [-0.1, -0.05) is 36.9 Å². The van der Waals surface area contributed by atoms with Crippen LogP contribution in [-0.2, 0) is 4.79 Å². The van der Waals surface area contributed by atoms with E-state index in [1.165, 1.54) is 5.56 Å². The number of hydrogen-bond acceptors (Lipinski definition) is 1. The first-order chi connectivity index (χ1) is 7.20. The summed E-state index contributed by atoms with van der Waals surface area (Å²) in [5, 5.41) is 0. The average Bonchev–Trinajstić information content (AvgIpc) is 2.27. The molecule has 1 heterocycles. The second-order valence-electron chi connectivity index (χ2n) is 4.00. The van der Waals surface area contributed by atoms with E-state index in [2.05, 4.69) is 18.7 Å². The molecule has 1 unspecified atom stereocenters. The Morgan fingerprint density at radius 2 is 2.00 bits per heavy atom. The molecule has 1 aromatic rings. The molecular weight excluding hydrogens is 186 g/mol. The maximum absolute atomic E-state index is 11.7. The molecule has 1 atom stereocenters. The molecule has 0 bridgehead atoms. The minimum absolute atomic E-state index is 0.0788. The molecule has 2 rings (SSSR count). The van der Waals surface area contributed by atoms with Crippen LogP contribution in [-0.4, -0.2) is 24.4 Å². The SMILES string of the molecule is C=C1C(=O)N(C)CCC1c1ccccc1. The van der Waals surface area contributed by atoms with Crippen molar-refractivity contribution in [2.24, 2.45) is 0 Å². The third kappa shape index (κ3) is 1.80. The molecule has 78 valence electrons. The number of piperidine rings is 1. The normalized spacial score (nSPS) is 21.9. The minimum Gasteiger partial charge on any atom is -0.342 e. The number of rotatable bonds is 1. The van der Waals surface area contributed by atoms with Crippen LogP contribution >= 0.6 is 0 Å². The molecule has 1 amide bonds. The Morgan fingerprint density at radius 1 is 1.33 bits per heavy atom. The Kier molecular flexibility index (Phi) is 2.58. The summed E-state index contributed by atoms with van der Waals surface area (Å²) in [6, 6.07) is 10.1. The van der Waals surface area contributed by atoms with Gasteiger partial charge in [-0.3, -0.25) is 4.79 Å². The van der Waals surface area contributed by atoms with Crippen molar-refractivity contribution in [3.8, 4) is 0 Å². The highest BCUT2D eigenvalue weighted by Gasteiger charge is 2.28. The molecule has 1 aromatic carbocycles. The average molecular weight is 201 g/mol. The summed E-state index contributed by atoms with van der Waals surface area (Å²) in [4.78, 5) is 13.5. The first-order valence-electron chi connectivity index (χ1n) is 5.19. The van der Waals surface area contributed by atoms with Crippen LogP contribution in [0.3, 0.4) is 0 Å². The zero-order chi connectivity index (χ0) is 10.8. The number of nitrogens with zero attached hydrogens (tertiary/aromatic N) is 1. The summed E-state index contributed by atoms with van der Waals surface area (Å²) in [5.41, 5.74) is 1.92. The van der Waals surface area contributed by atoms with E-state index in [4.69, 9.17) is 0 Å². The Morgan fingerprint density at radius 3 is 2.67 bits per heavy atom. The molecule has 0 radical (unpaired) electrons. The van der Waals surface area contributed by atoms with Crippen LogP contribution in [0.25, 0.3) is 0 Å². The van der Waals surface area contributed by atoms with Crippen LogP contribution in [0.5, 0.6) is 0 Å². The molecule has 0 aliphatic carbocycles. The number of carbonyl (C=O) groups is 1. The van der Waals surface area contributed by atoms with E-state index in [9.17, 15) is 4.79 Å². The highest BCUT2D eigenvalue weighted by atomic mass is 16.2. The van der Waals surface area contributed by atoms with Crippen LogP contribution in [0.4, 0.5) is 0 Å². The fourth-order valence-electron chi connectivity index (χ4n) is 2.05.